The minimum atomic E-state index is -0.0562. The summed E-state index contributed by atoms with van der Waals surface area (Å²) in [7, 11) is 0. The topological polar surface area (TPSA) is 21.7 Å². The van der Waals surface area contributed by atoms with Crippen LogP contribution in [0, 0.1) is 5.92 Å². The fraction of sp³-hybridized carbons (Fsp3) is 1.00. The van der Waals surface area contributed by atoms with Crippen LogP contribution in [0.25, 0.3) is 0 Å². The van der Waals surface area contributed by atoms with Crippen LogP contribution in [0.1, 0.15) is 53.4 Å². The highest BCUT2D eigenvalue weighted by Crippen LogP contribution is 2.24. The number of nitrogens with zero attached hydrogens (tertiary/aromatic N) is 1. The van der Waals surface area contributed by atoms with Gasteiger partial charge in [-0.1, -0.05) is 26.7 Å². The minimum Gasteiger partial charge on any atom is -0.352 e. The second-order valence-corrected chi connectivity index (χ2v) is 5.63. The normalized spacial score (nSPS) is 17.5. The van der Waals surface area contributed by atoms with Crippen molar-refractivity contribution in [2.75, 3.05) is 26.3 Å². The first-order chi connectivity index (χ1) is 8.67. The third kappa shape index (κ3) is 5.68. The number of rotatable bonds is 9. The molecule has 3 heteroatoms. The SMILES string of the molecule is CCOC(CN(CC(C)C)C1CCCC1)OCC. The van der Waals surface area contributed by atoms with Gasteiger partial charge in [0.1, 0.15) is 0 Å². The van der Waals surface area contributed by atoms with Crippen molar-refractivity contribution in [3.8, 4) is 0 Å². The average Bonchev–Trinajstić information content (AvgIpc) is 2.81. The van der Waals surface area contributed by atoms with E-state index in [9.17, 15) is 0 Å². The molecule has 3 nitrogen and oxygen atoms in total. The van der Waals surface area contributed by atoms with Crippen molar-refractivity contribution in [2.24, 2.45) is 5.92 Å². The second kappa shape index (κ2) is 8.89. The van der Waals surface area contributed by atoms with Crippen LogP contribution in [-0.2, 0) is 9.47 Å². The highest BCUT2D eigenvalue weighted by Gasteiger charge is 2.25. The molecule has 0 aromatic heterocycles. The van der Waals surface area contributed by atoms with Gasteiger partial charge in [0.05, 0.1) is 0 Å². The van der Waals surface area contributed by atoms with E-state index in [4.69, 9.17) is 9.47 Å². The number of hydrogen-bond donors (Lipinski definition) is 0. The molecule has 1 aliphatic carbocycles. The molecule has 0 bridgehead atoms. The highest BCUT2D eigenvalue weighted by atomic mass is 16.7. The fourth-order valence-electron chi connectivity index (χ4n) is 2.83. The molecule has 1 rings (SSSR count). The molecule has 1 aliphatic rings. The fourth-order valence-corrected chi connectivity index (χ4v) is 2.83. The maximum absolute atomic E-state index is 5.69. The first kappa shape index (κ1) is 15.9. The van der Waals surface area contributed by atoms with Crippen LogP contribution in [0.2, 0.25) is 0 Å². The van der Waals surface area contributed by atoms with Gasteiger partial charge in [0, 0.05) is 32.3 Å². The Labute approximate surface area is 113 Å². The Bertz CT molecular complexity index is 197. The Hall–Kier alpha value is -0.120. The Kier molecular flexibility index (Phi) is 7.87. The second-order valence-electron chi connectivity index (χ2n) is 5.63. The molecular weight excluding hydrogens is 226 g/mol. The summed E-state index contributed by atoms with van der Waals surface area (Å²) in [6, 6.07) is 0.746. The third-order valence-electron chi connectivity index (χ3n) is 3.53. The van der Waals surface area contributed by atoms with Crippen molar-refractivity contribution < 1.29 is 9.47 Å². The van der Waals surface area contributed by atoms with Gasteiger partial charge in [0.2, 0.25) is 0 Å². The molecule has 0 atom stereocenters. The molecule has 0 unspecified atom stereocenters. The van der Waals surface area contributed by atoms with Gasteiger partial charge >= 0.3 is 0 Å². The van der Waals surface area contributed by atoms with Crippen LogP contribution in [0.15, 0.2) is 0 Å². The Morgan fingerprint density at radius 2 is 1.56 bits per heavy atom. The molecular formula is C15H31NO2. The Morgan fingerprint density at radius 1 is 1.00 bits per heavy atom. The van der Waals surface area contributed by atoms with E-state index in [0.29, 0.717) is 5.92 Å². The van der Waals surface area contributed by atoms with Crippen LogP contribution >= 0.6 is 0 Å². The summed E-state index contributed by atoms with van der Waals surface area (Å²) in [5.41, 5.74) is 0. The van der Waals surface area contributed by atoms with Gasteiger partial charge in [0.15, 0.2) is 6.29 Å². The molecule has 0 heterocycles. The summed E-state index contributed by atoms with van der Waals surface area (Å²) < 4.78 is 11.4. The first-order valence-electron chi connectivity index (χ1n) is 7.64. The van der Waals surface area contributed by atoms with Gasteiger partial charge in [-0.3, -0.25) is 4.90 Å². The molecule has 1 fully saturated rings. The Balaban J connectivity index is 2.51. The van der Waals surface area contributed by atoms with Crippen LogP contribution in [0.5, 0.6) is 0 Å². The standard InChI is InChI=1S/C15H31NO2/c1-5-17-15(18-6-2)12-16(11-13(3)4)14-9-7-8-10-14/h13-15H,5-12H2,1-4H3. The van der Waals surface area contributed by atoms with Crippen molar-refractivity contribution >= 4 is 0 Å². The van der Waals surface area contributed by atoms with Crippen molar-refractivity contribution in [1.29, 1.82) is 0 Å². The number of hydrogen-bond acceptors (Lipinski definition) is 3. The van der Waals surface area contributed by atoms with Gasteiger partial charge in [-0.25, -0.2) is 0 Å². The molecule has 0 aromatic carbocycles. The van der Waals surface area contributed by atoms with Gasteiger partial charge < -0.3 is 9.47 Å². The molecule has 0 amide bonds. The zero-order chi connectivity index (χ0) is 13.4. The lowest BCUT2D eigenvalue weighted by molar-refractivity contribution is -0.151. The smallest absolute Gasteiger partial charge is 0.170 e. The van der Waals surface area contributed by atoms with E-state index in [0.717, 1.165) is 32.3 Å². The van der Waals surface area contributed by atoms with E-state index in [2.05, 4.69) is 18.7 Å². The third-order valence-corrected chi connectivity index (χ3v) is 3.53. The monoisotopic (exact) mass is 257 g/mol. The van der Waals surface area contributed by atoms with Crippen molar-refractivity contribution in [2.45, 2.75) is 65.7 Å². The molecule has 1 saturated carbocycles. The van der Waals surface area contributed by atoms with E-state index in [1.807, 2.05) is 13.8 Å². The van der Waals surface area contributed by atoms with Crippen molar-refractivity contribution in [1.82, 2.24) is 4.90 Å². The summed E-state index contributed by atoms with van der Waals surface area (Å²) in [4.78, 5) is 2.59. The maximum atomic E-state index is 5.69. The predicted octanol–water partition coefficient (Wildman–Crippen LogP) is 3.29. The molecule has 0 aromatic rings. The molecule has 0 radical (unpaired) electrons. The van der Waals surface area contributed by atoms with E-state index in [1.165, 1.54) is 25.7 Å². The summed E-state index contributed by atoms with van der Waals surface area (Å²) in [5.74, 6) is 0.703. The zero-order valence-corrected chi connectivity index (χ0v) is 12.7. The molecule has 0 spiro atoms. The van der Waals surface area contributed by atoms with E-state index >= 15 is 0 Å². The maximum Gasteiger partial charge on any atom is 0.170 e. The van der Waals surface area contributed by atoms with Gasteiger partial charge in [-0.15, -0.1) is 0 Å². The molecule has 108 valence electrons. The van der Waals surface area contributed by atoms with Crippen LogP contribution in [0.3, 0.4) is 0 Å². The highest BCUT2D eigenvalue weighted by molar-refractivity contribution is 4.78. The van der Waals surface area contributed by atoms with Gasteiger partial charge in [-0.05, 0) is 32.6 Å². The first-order valence-corrected chi connectivity index (χ1v) is 7.64. The number of ether oxygens (including phenoxy) is 2. The zero-order valence-electron chi connectivity index (χ0n) is 12.7. The predicted molar refractivity (Wildman–Crippen MR) is 75.7 cm³/mol. The quantitative estimate of drug-likeness (QED) is 0.592. The van der Waals surface area contributed by atoms with E-state index < -0.39 is 0 Å². The molecule has 18 heavy (non-hydrogen) atoms. The van der Waals surface area contributed by atoms with Crippen LogP contribution in [-0.4, -0.2) is 43.5 Å². The molecule has 0 aliphatic heterocycles. The lowest BCUT2D eigenvalue weighted by Crippen LogP contribution is -2.43. The van der Waals surface area contributed by atoms with Crippen molar-refractivity contribution in [3.05, 3.63) is 0 Å². The van der Waals surface area contributed by atoms with Crippen LogP contribution in [0.4, 0.5) is 0 Å². The Morgan fingerprint density at radius 3 is 2.00 bits per heavy atom. The summed E-state index contributed by atoms with van der Waals surface area (Å²) >= 11 is 0. The van der Waals surface area contributed by atoms with Gasteiger partial charge in [0.25, 0.3) is 0 Å². The average molecular weight is 257 g/mol. The van der Waals surface area contributed by atoms with Crippen LogP contribution < -0.4 is 0 Å². The van der Waals surface area contributed by atoms with E-state index in [1.54, 1.807) is 0 Å². The minimum absolute atomic E-state index is 0.0562. The lowest BCUT2D eigenvalue weighted by atomic mass is 10.1. The van der Waals surface area contributed by atoms with E-state index in [-0.39, 0.29) is 6.29 Å². The largest absolute Gasteiger partial charge is 0.352 e. The molecule has 0 saturated heterocycles. The van der Waals surface area contributed by atoms with Crippen molar-refractivity contribution in [3.63, 3.8) is 0 Å². The summed E-state index contributed by atoms with van der Waals surface area (Å²) in [5, 5.41) is 0. The summed E-state index contributed by atoms with van der Waals surface area (Å²) in [6.45, 7) is 12.2. The summed E-state index contributed by atoms with van der Waals surface area (Å²) in [6.07, 6.45) is 5.40. The van der Waals surface area contributed by atoms with Gasteiger partial charge in [-0.2, -0.15) is 0 Å². The molecule has 0 N–H and O–H groups in total. The lowest BCUT2D eigenvalue weighted by Gasteiger charge is -2.33.